The summed E-state index contributed by atoms with van der Waals surface area (Å²) in [6.45, 7) is 1.97. The molecule has 1 amide bonds. The number of hydrogen-bond donors (Lipinski definition) is 2. The second-order valence-electron chi connectivity index (χ2n) is 4.24. The van der Waals surface area contributed by atoms with Gasteiger partial charge >= 0.3 is 5.97 Å². The van der Waals surface area contributed by atoms with E-state index >= 15 is 0 Å². The van der Waals surface area contributed by atoms with Crippen LogP contribution in [0.5, 0.6) is 5.75 Å². The Morgan fingerprint density at radius 2 is 2.16 bits per heavy atom. The minimum absolute atomic E-state index is 0.391. The van der Waals surface area contributed by atoms with Crippen LogP contribution < -0.4 is 10.1 Å². The fourth-order valence-corrected chi connectivity index (χ4v) is 1.67. The summed E-state index contributed by atoms with van der Waals surface area (Å²) in [7, 11) is 1.51. The van der Waals surface area contributed by atoms with Gasteiger partial charge in [0.15, 0.2) is 0 Å². The average molecular weight is 265 g/mol. The summed E-state index contributed by atoms with van der Waals surface area (Å²) < 4.78 is 5.03. The summed E-state index contributed by atoms with van der Waals surface area (Å²) in [6, 6.07) is 5.77. The van der Waals surface area contributed by atoms with Crippen molar-refractivity contribution in [1.29, 1.82) is 0 Å². The highest BCUT2D eigenvalue weighted by Gasteiger charge is 2.20. The van der Waals surface area contributed by atoms with Crippen molar-refractivity contribution in [3.05, 3.63) is 29.8 Å². The Kier molecular flexibility index (Phi) is 5.85. The van der Waals surface area contributed by atoms with E-state index in [1.54, 1.807) is 24.3 Å². The summed E-state index contributed by atoms with van der Waals surface area (Å²) >= 11 is 0. The Labute approximate surface area is 112 Å². The Hall–Kier alpha value is -2.04. The lowest BCUT2D eigenvalue weighted by Gasteiger charge is -2.14. The molecule has 0 aliphatic heterocycles. The third-order valence-corrected chi connectivity index (χ3v) is 2.78. The third-order valence-electron chi connectivity index (χ3n) is 2.78. The van der Waals surface area contributed by atoms with E-state index in [0.29, 0.717) is 17.7 Å². The fraction of sp³-hybridized carbons (Fsp3) is 0.429. The third kappa shape index (κ3) is 4.62. The number of rotatable bonds is 7. The molecule has 5 heteroatoms. The number of carbonyl (C=O) groups is 2. The molecule has 1 aromatic rings. The van der Waals surface area contributed by atoms with Crippen LogP contribution in [0.1, 0.15) is 36.5 Å². The first kappa shape index (κ1) is 15.0. The molecule has 0 spiro atoms. The molecule has 0 aliphatic carbocycles. The number of amides is 1. The quantitative estimate of drug-likeness (QED) is 0.791. The van der Waals surface area contributed by atoms with Gasteiger partial charge in [-0.3, -0.25) is 4.79 Å². The van der Waals surface area contributed by atoms with Gasteiger partial charge < -0.3 is 15.2 Å². The van der Waals surface area contributed by atoms with Gasteiger partial charge in [0.05, 0.1) is 7.11 Å². The standard InChI is InChI=1S/C14H19NO4/c1-3-4-8-12(14(17)18)15-13(16)10-6-5-7-11(9-10)19-2/h5-7,9,12H,3-4,8H2,1-2H3,(H,15,16)(H,17,18). The molecular formula is C14H19NO4. The normalized spacial score (nSPS) is 11.7. The van der Waals surface area contributed by atoms with Gasteiger partial charge in [-0.05, 0) is 24.6 Å². The molecule has 0 saturated carbocycles. The van der Waals surface area contributed by atoms with Crippen molar-refractivity contribution in [2.24, 2.45) is 0 Å². The second kappa shape index (κ2) is 7.41. The van der Waals surface area contributed by atoms with E-state index in [1.165, 1.54) is 7.11 Å². The lowest BCUT2D eigenvalue weighted by atomic mass is 10.1. The van der Waals surface area contributed by atoms with Crippen molar-refractivity contribution in [2.45, 2.75) is 32.2 Å². The van der Waals surface area contributed by atoms with Crippen LogP contribution >= 0.6 is 0 Å². The van der Waals surface area contributed by atoms with Crippen molar-refractivity contribution in [3.8, 4) is 5.75 Å². The molecular weight excluding hydrogens is 246 g/mol. The molecule has 1 rings (SSSR count). The summed E-state index contributed by atoms with van der Waals surface area (Å²) in [4.78, 5) is 23.0. The number of hydrogen-bond acceptors (Lipinski definition) is 3. The van der Waals surface area contributed by atoms with E-state index in [2.05, 4.69) is 5.32 Å². The lowest BCUT2D eigenvalue weighted by Crippen LogP contribution is -2.40. The molecule has 0 aliphatic rings. The summed E-state index contributed by atoms with van der Waals surface area (Å²) in [6.07, 6.45) is 2.08. The molecule has 1 atom stereocenters. The number of carboxylic acids is 1. The van der Waals surface area contributed by atoms with E-state index < -0.39 is 17.9 Å². The molecule has 1 unspecified atom stereocenters. The minimum atomic E-state index is -1.01. The van der Waals surface area contributed by atoms with Crippen LogP contribution in [0.2, 0.25) is 0 Å². The smallest absolute Gasteiger partial charge is 0.326 e. The molecule has 0 radical (unpaired) electrons. The minimum Gasteiger partial charge on any atom is -0.497 e. The van der Waals surface area contributed by atoms with Crippen molar-refractivity contribution < 1.29 is 19.4 Å². The predicted octanol–water partition coefficient (Wildman–Crippen LogP) is 2.07. The molecule has 2 N–H and O–H groups in total. The van der Waals surface area contributed by atoms with Crippen LogP contribution in [0.25, 0.3) is 0 Å². The number of carbonyl (C=O) groups excluding carboxylic acids is 1. The number of ether oxygens (including phenoxy) is 1. The van der Waals surface area contributed by atoms with Crippen LogP contribution in [0, 0.1) is 0 Å². The van der Waals surface area contributed by atoms with Gasteiger partial charge in [0.1, 0.15) is 11.8 Å². The first-order valence-electron chi connectivity index (χ1n) is 6.26. The molecule has 104 valence electrons. The molecule has 5 nitrogen and oxygen atoms in total. The highest BCUT2D eigenvalue weighted by atomic mass is 16.5. The monoisotopic (exact) mass is 265 g/mol. The van der Waals surface area contributed by atoms with Crippen molar-refractivity contribution >= 4 is 11.9 Å². The van der Waals surface area contributed by atoms with E-state index in [-0.39, 0.29) is 0 Å². The predicted molar refractivity (Wildman–Crippen MR) is 71.4 cm³/mol. The zero-order valence-electron chi connectivity index (χ0n) is 11.2. The van der Waals surface area contributed by atoms with Crippen LogP contribution in [-0.2, 0) is 4.79 Å². The zero-order valence-corrected chi connectivity index (χ0v) is 11.2. The number of aliphatic carboxylic acids is 1. The van der Waals surface area contributed by atoms with Gasteiger partial charge in [-0.1, -0.05) is 25.8 Å². The largest absolute Gasteiger partial charge is 0.497 e. The Morgan fingerprint density at radius 3 is 2.74 bits per heavy atom. The molecule has 0 heterocycles. The van der Waals surface area contributed by atoms with Crippen molar-refractivity contribution in [3.63, 3.8) is 0 Å². The zero-order chi connectivity index (χ0) is 14.3. The number of benzene rings is 1. The van der Waals surface area contributed by atoms with Crippen LogP contribution in [0.15, 0.2) is 24.3 Å². The van der Waals surface area contributed by atoms with E-state index in [0.717, 1.165) is 12.8 Å². The van der Waals surface area contributed by atoms with Crippen LogP contribution in [0.4, 0.5) is 0 Å². The second-order valence-corrected chi connectivity index (χ2v) is 4.24. The van der Waals surface area contributed by atoms with Crippen LogP contribution in [0.3, 0.4) is 0 Å². The highest BCUT2D eigenvalue weighted by molar-refractivity contribution is 5.96. The van der Waals surface area contributed by atoms with E-state index in [9.17, 15) is 9.59 Å². The number of carboxylic acid groups (broad SMARTS) is 1. The lowest BCUT2D eigenvalue weighted by molar-refractivity contribution is -0.139. The molecule has 0 saturated heterocycles. The summed E-state index contributed by atoms with van der Waals surface area (Å²) in [5.41, 5.74) is 0.391. The van der Waals surface area contributed by atoms with Gasteiger partial charge in [0.25, 0.3) is 5.91 Å². The summed E-state index contributed by atoms with van der Waals surface area (Å²) in [5, 5.41) is 11.6. The maximum absolute atomic E-state index is 12.0. The van der Waals surface area contributed by atoms with Gasteiger partial charge in [-0.2, -0.15) is 0 Å². The Bertz CT molecular complexity index is 445. The van der Waals surface area contributed by atoms with E-state index in [1.807, 2.05) is 6.92 Å². The summed E-state index contributed by atoms with van der Waals surface area (Å²) in [5.74, 6) is -0.847. The van der Waals surface area contributed by atoms with E-state index in [4.69, 9.17) is 9.84 Å². The Morgan fingerprint density at radius 1 is 1.42 bits per heavy atom. The maximum atomic E-state index is 12.0. The fourth-order valence-electron chi connectivity index (χ4n) is 1.67. The van der Waals surface area contributed by atoms with Gasteiger partial charge in [0, 0.05) is 5.56 Å². The molecule has 0 fully saturated rings. The van der Waals surface area contributed by atoms with Crippen molar-refractivity contribution in [1.82, 2.24) is 5.32 Å². The van der Waals surface area contributed by atoms with Gasteiger partial charge in [-0.25, -0.2) is 4.79 Å². The molecule has 0 aromatic heterocycles. The Balaban J connectivity index is 2.72. The highest BCUT2D eigenvalue weighted by Crippen LogP contribution is 2.13. The molecule has 0 bridgehead atoms. The first-order chi connectivity index (χ1) is 9.08. The van der Waals surface area contributed by atoms with Gasteiger partial charge in [0.2, 0.25) is 0 Å². The number of unbranched alkanes of at least 4 members (excludes halogenated alkanes) is 1. The SMILES string of the molecule is CCCCC(NC(=O)c1cccc(OC)c1)C(=O)O. The number of methoxy groups -OCH3 is 1. The maximum Gasteiger partial charge on any atom is 0.326 e. The van der Waals surface area contributed by atoms with Crippen LogP contribution in [-0.4, -0.2) is 30.1 Å². The van der Waals surface area contributed by atoms with Gasteiger partial charge in [-0.15, -0.1) is 0 Å². The molecule has 19 heavy (non-hydrogen) atoms. The van der Waals surface area contributed by atoms with Crippen molar-refractivity contribution in [2.75, 3.05) is 7.11 Å². The average Bonchev–Trinajstić information content (AvgIpc) is 2.42. The topological polar surface area (TPSA) is 75.6 Å². The molecule has 1 aromatic carbocycles. The first-order valence-corrected chi connectivity index (χ1v) is 6.26. The number of nitrogens with one attached hydrogen (secondary N) is 1.